The van der Waals surface area contributed by atoms with E-state index in [1.54, 1.807) is 0 Å². The Morgan fingerprint density at radius 2 is 1.07 bits per heavy atom. The fourth-order valence-corrected chi connectivity index (χ4v) is 0.811. The van der Waals surface area contributed by atoms with Gasteiger partial charge in [0.25, 0.3) is 0 Å². The smallest absolute Gasteiger partial charge is 0.0701 e. The van der Waals surface area contributed by atoms with Gasteiger partial charge in [0.2, 0.25) is 0 Å². The van der Waals surface area contributed by atoms with Gasteiger partial charge in [0.05, 0.1) is 33.0 Å². The Bertz CT molecular complexity index is 92.1. The van der Waals surface area contributed by atoms with Crippen molar-refractivity contribution in [3.8, 4) is 0 Å². The molecule has 0 aliphatic rings. The maximum Gasteiger partial charge on any atom is 0.0701 e. The van der Waals surface area contributed by atoms with E-state index in [0.29, 0.717) is 52.7 Å². The van der Waals surface area contributed by atoms with Crippen molar-refractivity contribution in [1.29, 1.82) is 0 Å². The largest absolute Gasteiger partial charge is 0.379 e. The molecule has 0 fully saturated rings. The van der Waals surface area contributed by atoms with E-state index in [2.05, 4.69) is 0 Å². The number of rotatable bonds is 11. The third kappa shape index (κ3) is 11.8. The summed E-state index contributed by atoms with van der Waals surface area (Å²) in [6.45, 7) is 4.96. The van der Waals surface area contributed by atoms with Crippen LogP contribution in [-0.2, 0) is 14.2 Å². The molecular formula is C9H22N2O3. The lowest BCUT2D eigenvalue weighted by Gasteiger charge is -2.05. The molecule has 0 rings (SSSR count). The van der Waals surface area contributed by atoms with Crippen molar-refractivity contribution in [3.05, 3.63) is 0 Å². The van der Waals surface area contributed by atoms with Crippen LogP contribution in [0.2, 0.25) is 0 Å². The Morgan fingerprint density at radius 3 is 1.57 bits per heavy atom. The van der Waals surface area contributed by atoms with E-state index in [1.807, 2.05) is 0 Å². The highest BCUT2D eigenvalue weighted by atomic mass is 16.5. The molecule has 0 bridgehead atoms. The van der Waals surface area contributed by atoms with Gasteiger partial charge in [-0.1, -0.05) is 0 Å². The summed E-state index contributed by atoms with van der Waals surface area (Å²) < 4.78 is 15.6. The first-order chi connectivity index (χ1) is 6.91. The molecule has 0 atom stereocenters. The van der Waals surface area contributed by atoms with Crippen LogP contribution in [0, 0.1) is 0 Å². The van der Waals surface area contributed by atoms with Crippen LogP contribution in [0.1, 0.15) is 6.42 Å². The standard InChI is InChI=1S/C9H22N2O3/c10-2-1-4-12-6-8-14-9-7-13-5-3-11/h1-11H2. The van der Waals surface area contributed by atoms with E-state index in [-0.39, 0.29) is 0 Å². The van der Waals surface area contributed by atoms with Crippen LogP contribution in [0.15, 0.2) is 0 Å². The third-order valence-electron chi connectivity index (χ3n) is 1.50. The van der Waals surface area contributed by atoms with Gasteiger partial charge in [0.15, 0.2) is 0 Å². The Balaban J connectivity index is 2.78. The maximum absolute atomic E-state index is 5.30. The Morgan fingerprint density at radius 1 is 0.571 bits per heavy atom. The van der Waals surface area contributed by atoms with Crippen molar-refractivity contribution in [2.45, 2.75) is 6.42 Å². The summed E-state index contributed by atoms with van der Waals surface area (Å²) in [4.78, 5) is 0. The molecule has 0 saturated carbocycles. The molecule has 0 spiro atoms. The Kier molecular flexibility index (Phi) is 12.6. The predicted molar refractivity (Wildman–Crippen MR) is 55.2 cm³/mol. The SMILES string of the molecule is NCCCOCCOCCOCCN. The van der Waals surface area contributed by atoms with Crippen LogP contribution >= 0.6 is 0 Å². The van der Waals surface area contributed by atoms with Crippen molar-refractivity contribution in [2.24, 2.45) is 11.5 Å². The van der Waals surface area contributed by atoms with E-state index in [9.17, 15) is 0 Å². The molecular weight excluding hydrogens is 184 g/mol. The van der Waals surface area contributed by atoms with Crippen LogP contribution in [0.3, 0.4) is 0 Å². The highest BCUT2D eigenvalue weighted by Crippen LogP contribution is 1.82. The fraction of sp³-hybridized carbons (Fsp3) is 1.00. The molecule has 86 valence electrons. The van der Waals surface area contributed by atoms with Crippen LogP contribution in [-0.4, -0.2) is 52.7 Å². The Hall–Kier alpha value is -0.200. The molecule has 0 aromatic rings. The summed E-state index contributed by atoms with van der Waals surface area (Å²) in [7, 11) is 0. The summed E-state index contributed by atoms with van der Waals surface area (Å²) in [5, 5.41) is 0. The predicted octanol–water partition coefficient (Wildman–Crippen LogP) is -0.656. The van der Waals surface area contributed by atoms with E-state index < -0.39 is 0 Å². The molecule has 0 aliphatic carbocycles. The van der Waals surface area contributed by atoms with E-state index in [0.717, 1.165) is 6.42 Å². The maximum atomic E-state index is 5.30. The van der Waals surface area contributed by atoms with Crippen molar-refractivity contribution < 1.29 is 14.2 Å². The topological polar surface area (TPSA) is 79.7 Å². The minimum Gasteiger partial charge on any atom is -0.379 e. The molecule has 0 aromatic heterocycles. The molecule has 5 heteroatoms. The molecule has 0 amide bonds. The summed E-state index contributed by atoms with van der Waals surface area (Å²) in [5.41, 5.74) is 10.5. The summed E-state index contributed by atoms with van der Waals surface area (Å²) in [6, 6.07) is 0. The lowest BCUT2D eigenvalue weighted by atomic mass is 10.5. The van der Waals surface area contributed by atoms with Gasteiger partial charge in [-0.2, -0.15) is 0 Å². The molecule has 0 heterocycles. The van der Waals surface area contributed by atoms with Gasteiger partial charge in [0, 0.05) is 13.2 Å². The fourth-order valence-electron chi connectivity index (χ4n) is 0.811. The average molecular weight is 206 g/mol. The zero-order chi connectivity index (χ0) is 10.5. The molecule has 5 nitrogen and oxygen atoms in total. The molecule has 0 aliphatic heterocycles. The zero-order valence-corrected chi connectivity index (χ0v) is 8.74. The Labute approximate surface area is 85.7 Å². The second kappa shape index (κ2) is 12.8. The lowest BCUT2D eigenvalue weighted by Crippen LogP contribution is -2.14. The van der Waals surface area contributed by atoms with Gasteiger partial charge < -0.3 is 25.7 Å². The first-order valence-electron chi connectivity index (χ1n) is 5.05. The number of hydrogen-bond donors (Lipinski definition) is 2. The quantitative estimate of drug-likeness (QED) is 0.439. The molecule has 0 radical (unpaired) electrons. The van der Waals surface area contributed by atoms with Gasteiger partial charge in [-0.3, -0.25) is 0 Å². The summed E-state index contributed by atoms with van der Waals surface area (Å²) in [5.74, 6) is 0. The molecule has 14 heavy (non-hydrogen) atoms. The normalized spacial score (nSPS) is 10.7. The first-order valence-corrected chi connectivity index (χ1v) is 5.05. The van der Waals surface area contributed by atoms with Crippen molar-refractivity contribution >= 4 is 0 Å². The van der Waals surface area contributed by atoms with Crippen molar-refractivity contribution in [2.75, 3.05) is 52.7 Å². The van der Waals surface area contributed by atoms with Crippen LogP contribution in [0.25, 0.3) is 0 Å². The van der Waals surface area contributed by atoms with E-state index in [1.165, 1.54) is 0 Å². The molecule has 0 aromatic carbocycles. The van der Waals surface area contributed by atoms with Crippen LogP contribution < -0.4 is 11.5 Å². The highest BCUT2D eigenvalue weighted by Gasteiger charge is 1.90. The third-order valence-corrected chi connectivity index (χ3v) is 1.50. The summed E-state index contributed by atoms with van der Waals surface area (Å²) >= 11 is 0. The second-order valence-corrected chi connectivity index (χ2v) is 2.77. The minimum atomic E-state index is 0.558. The van der Waals surface area contributed by atoms with Gasteiger partial charge in [0.1, 0.15) is 0 Å². The highest BCUT2D eigenvalue weighted by molar-refractivity contribution is 4.37. The monoisotopic (exact) mass is 206 g/mol. The van der Waals surface area contributed by atoms with Crippen LogP contribution in [0.4, 0.5) is 0 Å². The van der Waals surface area contributed by atoms with Crippen LogP contribution in [0.5, 0.6) is 0 Å². The molecule has 0 saturated heterocycles. The van der Waals surface area contributed by atoms with Gasteiger partial charge in [-0.05, 0) is 13.0 Å². The lowest BCUT2D eigenvalue weighted by molar-refractivity contribution is 0.0158. The first kappa shape index (κ1) is 13.8. The van der Waals surface area contributed by atoms with Gasteiger partial charge in [-0.25, -0.2) is 0 Å². The molecule has 4 N–H and O–H groups in total. The van der Waals surface area contributed by atoms with Gasteiger partial charge >= 0.3 is 0 Å². The van der Waals surface area contributed by atoms with E-state index in [4.69, 9.17) is 25.7 Å². The number of hydrogen-bond acceptors (Lipinski definition) is 5. The number of nitrogens with two attached hydrogens (primary N) is 2. The van der Waals surface area contributed by atoms with E-state index >= 15 is 0 Å². The van der Waals surface area contributed by atoms with Crippen molar-refractivity contribution in [3.63, 3.8) is 0 Å². The zero-order valence-electron chi connectivity index (χ0n) is 8.74. The van der Waals surface area contributed by atoms with Gasteiger partial charge in [-0.15, -0.1) is 0 Å². The van der Waals surface area contributed by atoms with Crippen molar-refractivity contribution in [1.82, 2.24) is 0 Å². The minimum absolute atomic E-state index is 0.558. The number of ether oxygens (including phenoxy) is 3. The summed E-state index contributed by atoms with van der Waals surface area (Å²) in [6.07, 6.45) is 0.902. The average Bonchev–Trinajstić information content (AvgIpc) is 2.21. The second-order valence-electron chi connectivity index (χ2n) is 2.77. The molecule has 0 unspecified atom stereocenters.